The van der Waals surface area contributed by atoms with Gasteiger partial charge in [0.15, 0.2) is 5.82 Å². The zero-order valence-electron chi connectivity index (χ0n) is 23.7. The summed E-state index contributed by atoms with van der Waals surface area (Å²) < 4.78 is 6.38. The van der Waals surface area contributed by atoms with Gasteiger partial charge in [0.25, 0.3) is 0 Å². The van der Waals surface area contributed by atoms with Crippen molar-refractivity contribution in [3.63, 3.8) is 0 Å². The first-order valence-electron chi connectivity index (χ1n) is 13.4. The van der Waals surface area contributed by atoms with Gasteiger partial charge in [0.05, 0.1) is 23.5 Å². The smallest absolute Gasteiger partial charge is 0.231 e. The van der Waals surface area contributed by atoms with E-state index >= 15 is 0 Å². The molecular weight excluding hydrogens is 476 g/mol. The quantitative estimate of drug-likeness (QED) is 0.472. The number of amides is 1. The number of anilines is 1. The number of benzene rings is 1. The fraction of sp³-hybridized carbons (Fsp3) is 0.467. The van der Waals surface area contributed by atoms with Crippen molar-refractivity contribution in [3.8, 4) is 17.1 Å². The van der Waals surface area contributed by atoms with Gasteiger partial charge in [-0.15, -0.1) is 0 Å². The molecule has 0 radical (unpaired) electrons. The number of primary amides is 1. The lowest BCUT2D eigenvalue weighted by atomic mass is 10.0. The summed E-state index contributed by atoms with van der Waals surface area (Å²) in [6.45, 7) is 17.4. The van der Waals surface area contributed by atoms with Gasteiger partial charge in [-0.05, 0) is 63.3 Å². The van der Waals surface area contributed by atoms with Crippen LogP contribution in [0, 0.1) is 27.7 Å². The highest BCUT2D eigenvalue weighted by Crippen LogP contribution is 2.32. The number of aromatic nitrogens is 3. The summed E-state index contributed by atoms with van der Waals surface area (Å²) in [5.74, 6) is 2.44. The van der Waals surface area contributed by atoms with E-state index < -0.39 is 0 Å². The van der Waals surface area contributed by atoms with Crippen LogP contribution in [0.4, 0.5) is 5.82 Å². The molecule has 4 rings (SSSR count). The molecule has 38 heavy (non-hydrogen) atoms. The lowest BCUT2D eigenvalue weighted by Crippen LogP contribution is -2.54. The average molecular weight is 517 g/mol. The van der Waals surface area contributed by atoms with Gasteiger partial charge >= 0.3 is 0 Å². The number of hydrogen-bond donors (Lipinski definition) is 1. The minimum atomic E-state index is -0.304. The number of rotatable bonds is 8. The molecule has 1 fully saturated rings. The van der Waals surface area contributed by atoms with Crippen LogP contribution in [0.5, 0.6) is 5.75 Å². The van der Waals surface area contributed by atoms with E-state index in [0.717, 1.165) is 76.2 Å². The molecule has 8 heteroatoms. The zero-order valence-corrected chi connectivity index (χ0v) is 23.7. The summed E-state index contributed by atoms with van der Waals surface area (Å²) in [6.07, 6.45) is 1.92. The first kappa shape index (κ1) is 27.5. The number of piperazine rings is 1. The minimum Gasteiger partial charge on any atom is -0.487 e. The highest BCUT2D eigenvalue weighted by atomic mass is 16.5. The van der Waals surface area contributed by atoms with Crippen molar-refractivity contribution in [2.45, 2.75) is 67.0 Å². The van der Waals surface area contributed by atoms with Crippen LogP contribution >= 0.6 is 0 Å². The van der Waals surface area contributed by atoms with E-state index in [1.807, 2.05) is 20.0 Å². The van der Waals surface area contributed by atoms with E-state index in [1.165, 1.54) is 0 Å². The number of pyridine rings is 1. The Hall–Kier alpha value is -3.52. The monoisotopic (exact) mass is 516 g/mol. The molecular formula is C30H40N6O2. The first-order valence-corrected chi connectivity index (χ1v) is 13.4. The predicted octanol–water partition coefficient (Wildman–Crippen LogP) is 4.47. The molecule has 0 bridgehead atoms. The summed E-state index contributed by atoms with van der Waals surface area (Å²) in [5, 5.41) is 0. The van der Waals surface area contributed by atoms with Gasteiger partial charge in [0.2, 0.25) is 5.91 Å². The van der Waals surface area contributed by atoms with Crippen LogP contribution in [0.15, 0.2) is 30.5 Å². The normalized spacial score (nSPS) is 16.2. The highest BCUT2D eigenvalue weighted by molar-refractivity contribution is 5.76. The van der Waals surface area contributed by atoms with Crippen LogP contribution in [0.3, 0.4) is 0 Å². The molecule has 0 aliphatic carbocycles. The molecule has 1 amide bonds. The number of aryl methyl sites for hydroxylation is 4. The van der Waals surface area contributed by atoms with Gasteiger partial charge in [-0.25, -0.2) is 9.97 Å². The third-order valence-corrected chi connectivity index (χ3v) is 7.42. The number of nitrogens with two attached hydrogens (primary N) is 1. The Morgan fingerprint density at radius 2 is 1.82 bits per heavy atom. The molecule has 1 atom stereocenters. The van der Waals surface area contributed by atoms with Gasteiger partial charge in [-0.1, -0.05) is 32.0 Å². The summed E-state index contributed by atoms with van der Waals surface area (Å²) in [5.41, 5.74) is 12.7. The van der Waals surface area contributed by atoms with Crippen LogP contribution < -0.4 is 15.4 Å². The third-order valence-electron chi connectivity index (χ3n) is 7.42. The summed E-state index contributed by atoms with van der Waals surface area (Å²) in [4.78, 5) is 30.7. The minimum absolute atomic E-state index is 0.151. The van der Waals surface area contributed by atoms with Crippen molar-refractivity contribution in [3.05, 3.63) is 64.1 Å². The van der Waals surface area contributed by atoms with E-state index in [0.29, 0.717) is 12.5 Å². The second-order valence-electron chi connectivity index (χ2n) is 10.7. The second kappa shape index (κ2) is 11.5. The molecule has 3 heterocycles. The van der Waals surface area contributed by atoms with Gasteiger partial charge < -0.3 is 15.4 Å². The van der Waals surface area contributed by atoms with Crippen LogP contribution in [0.2, 0.25) is 0 Å². The number of carbonyl (C=O) groups is 1. The van der Waals surface area contributed by atoms with Crippen LogP contribution in [0.1, 0.15) is 60.3 Å². The lowest BCUT2D eigenvalue weighted by Gasteiger charge is -2.40. The van der Waals surface area contributed by atoms with E-state index in [1.54, 1.807) is 0 Å². The van der Waals surface area contributed by atoms with E-state index in [4.69, 9.17) is 20.4 Å². The van der Waals surface area contributed by atoms with Crippen LogP contribution in [0.25, 0.3) is 11.4 Å². The van der Waals surface area contributed by atoms with Crippen molar-refractivity contribution in [2.75, 3.05) is 31.1 Å². The van der Waals surface area contributed by atoms with E-state index in [9.17, 15) is 4.79 Å². The number of hydrogen-bond acceptors (Lipinski definition) is 7. The predicted molar refractivity (Wildman–Crippen MR) is 152 cm³/mol. The Kier molecular flexibility index (Phi) is 8.31. The maximum Gasteiger partial charge on any atom is 0.231 e. The molecule has 1 aliphatic heterocycles. The standard InChI is InChI=1S/C30H40N6O2/c1-18(2)24-13-26(23(7)32-14-24)38-17-25-22(6)33-29(28-19(3)9-8-10-20(28)4)34-30(25)36-12-11-35(16-27(31)37)21(5)15-36/h8-10,13-14,18,21H,11-12,15-17H2,1-7H3,(H2,31,37). The molecule has 1 aromatic carbocycles. The fourth-order valence-electron chi connectivity index (χ4n) is 5.05. The van der Waals surface area contributed by atoms with Gasteiger partial charge in [0.1, 0.15) is 18.2 Å². The largest absolute Gasteiger partial charge is 0.487 e. The molecule has 2 N–H and O–H groups in total. The second-order valence-corrected chi connectivity index (χ2v) is 10.7. The van der Waals surface area contributed by atoms with Crippen molar-refractivity contribution in [2.24, 2.45) is 5.73 Å². The molecule has 8 nitrogen and oxygen atoms in total. The third kappa shape index (κ3) is 5.96. The van der Waals surface area contributed by atoms with Crippen molar-refractivity contribution < 1.29 is 9.53 Å². The zero-order chi connectivity index (χ0) is 27.6. The molecule has 1 saturated heterocycles. The Labute approximate surface area is 226 Å². The Bertz CT molecular complexity index is 1300. The molecule has 0 spiro atoms. The Balaban J connectivity index is 1.73. The molecule has 0 saturated carbocycles. The highest BCUT2D eigenvalue weighted by Gasteiger charge is 2.28. The summed E-state index contributed by atoms with van der Waals surface area (Å²) >= 11 is 0. The summed E-state index contributed by atoms with van der Waals surface area (Å²) in [6, 6.07) is 8.49. The summed E-state index contributed by atoms with van der Waals surface area (Å²) in [7, 11) is 0. The number of ether oxygens (including phenoxy) is 1. The van der Waals surface area contributed by atoms with Crippen LogP contribution in [-0.4, -0.2) is 58.0 Å². The molecule has 1 aliphatic rings. The van der Waals surface area contributed by atoms with Gasteiger partial charge in [-0.3, -0.25) is 14.7 Å². The van der Waals surface area contributed by atoms with Crippen molar-refractivity contribution >= 4 is 11.7 Å². The maximum atomic E-state index is 11.6. The lowest BCUT2D eigenvalue weighted by molar-refractivity contribution is -0.119. The fourth-order valence-corrected chi connectivity index (χ4v) is 5.05. The van der Waals surface area contributed by atoms with Gasteiger partial charge in [-0.2, -0.15) is 0 Å². The van der Waals surface area contributed by atoms with Gasteiger partial charge in [0, 0.05) is 37.4 Å². The Morgan fingerprint density at radius 3 is 2.45 bits per heavy atom. The average Bonchev–Trinajstić information content (AvgIpc) is 2.84. The molecule has 1 unspecified atom stereocenters. The van der Waals surface area contributed by atoms with Crippen molar-refractivity contribution in [1.82, 2.24) is 19.9 Å². The number of carbonyl (C=O) groups excluding carboxylic acids is 1. The first-order chi connectivity index (χ1) is 18.0. The van der Waals surface area contributed by atoms with Crippen molar-refractivity contribution in [1.29, 1.82) is 0 Å². The van der Waals surface area contributed by atoms with E-state index in [-0.39, 0.29) is 18.5 Å². The SMILES string of the molecule is Cc1cccc(C)c1-c1nc(C)c(COc2cc(C(C)C)cnc2C)c(N2CCN(CC(N)=O)C(C)C2)n1. The molecule has 2 aromatic heterocycles. The van der Waals surface area contributed by atoms with E-state index in [2.05, 4.69) is 73.7 Å². The topological polar surface area (TPSA) is 97.5 Å². The molecule has 3 aromatic rings. The Morgan fingerprint density at radius 1 is 1.11 bits per heavy atom. The maximum absolute atomic E-state index is 11.6. The van der Waals surface area contributed by atoms with Crippen LogP contribution in [-0.2, 0) is 11.4 Å². The molecule has 202 valence electrons. The number of nitrogens with zero attached hydrogens (tertiary/aromatic N) is 5.